The van der Waals surface area contributed by atoms with Crippen molar-refractivity contribution in [3.05, 3.63) is 36.0 Å². The summed E-state index contributed by atoms with van der Waals surface area (Å²) in [4.78, 5) is 2.36. The SMILES string of the molecule is CCCCN(C)Cc1cn[nH]c1-c1ccc(OC2CCC(OC(C)C)CC2)cc1. The molecule has 1 fully saturated rings. The molecular weight excluding hydrogens is 362 g/mol. The number of aromatic amines is 1. The fourth-order valence-corrected chi connectivity index (χ4v) is 4.04. The quantitative estimate of drug-likeness (QED) is 0.579. The molecule has 0 unspecified atom stereocenters. The second-order valence-corrected chi connectivity index (χ2v) is 8.59. The fraction of sp³-hybridized carbons (Fsp3) is 0.625. The summed E-state index contributed by atoms with van der Waals surface area (Å²) in [5.74, 6) is 0.947. The lowest BCUT2D eigenvalue weighted by molar-refractivity contribution is -0.0295. The van der Waals surface area contributed by atoms with Gasteiger partial charge >= 0.3 is 0 Å². The highest BCUT2D eigenvalue weighted by Gasteiger charge is 2.23. The molecule has 0 aliphatic heterocycles. The van der Waals surface area contributed by atoms with Gasteiger partial charge in [0.25, 0.3) is 0 Å². The Hall–Kier alpha value is -1.85. The Morgan fingerprint density at radius 1 is 1.10 bits per heavy atom. The minimum absolute atomic E-state index is 0.294. The summed E-state index contributed by atoms with van der Waals surface area (Å²) in [6, 6.07) is 8.42. The maximum absolute atomic E-state index is 6.23. The predicted octanol–water partition coefficient (Wildman–Crippen LogP) is 5.42. The van der Waals surface area contributed by atoms with Gasteiger partial charge in [0.05, 0.1) is 30.2 Å². The van der Waals surface area contributed by atoms with Gasteiger partial charge in [0.2, 0.25) is 0 Å². The molecule has 2 aromatic rings. The molecule has 0 bridgehead atoms. The Labute approximate surface area is 175 Å². The highest BCUT2D eigenvalue weighted by Crippen LogP contribution is 2.28. The lowest BCUT2D eigenvalue weighted by atomic mass is 9.94. The van der Waals surface area contributed by atoms with E-state index in [1.165, 1.54) is 18.4 Å². The van der Waals surface area contributed by atoms with Gasteiger partial charge in [-0.1, -0.05) is 13.3 Å². The van der Waals surface area contributed by atoms with Crippen molar-refractivity contribution in [1.29, 1.82) is 0 Å². The van der Waals surface area contributed by atoms with E-state index < -0.39 is 0 Å². The molecule has 0 atom stereocenters. The first-order valence-electron chi connectivity index (χ1n) is 11.2. The largest absolute Gasteiger partial charge is 0.490 e. The van der Waals surface area contributed by atoms with E-state index in [2.05, 4.69) is 67.2 Å². The zero-order valence-corrected chi connectivity index (χ0v) is 18.5. The zero-order chi connectivity index (χ0) is 20.6. The van der Waals surface area contributed by atoms with Crippen molar-refractivity contribution < 1.29 is 9.47 Å². The van der Waals surface area contributed by atoms with Crippen LogP contribution in [0, 0.1) is 0 Å². The highest BCUT2D eigenvalue weighted by molar-refractivity contribution is 5.63. The molecule has 3 rings (SSSR count). The first kappa shape index (κ1) is 21.8. The number of benzene rings is 1. The molecule has 1 aliphatic carbocycles. The maximum atomic E-state index is 6.23. The van der Waals surface area contributed by atoms with Crippen molar-refractivity contribution >= 4 is 0 Å². The standard InChI is InChI=1S/C24H37N3O2/c1-5-6-15-27(4)17-20-16-25-26-24(20)19-7-9-22(10-8-19)29-23-13-11-21(12-14-23)28-18(2)3/h7-10,16,18,21,23H,5-6,11-15,17H2,1-4H3,(H,25,26). The molecule has 5 nitrogen and oxygen atoms in total. The molecule has 1 aliphatic rings. The average Bonchev–Trinajstić information content (AvgIpc) is 3.16. The Balaban J connectivity index is 1.54. The molecule has 0 radical (unpaired) electrons. The third-order valence-electron chi connectivity index (χ3n) is 5.58. The van der Waals surface area contributed by atoms with Crippen LogP contribution >= 0.6 is 0 Å². The normalized spacial score (nSPS) is 19.8. The second kappa shape index (κ2) is 10.8. The van der Waals surface area contributed by atoms with Crippen molar-refractivity contribution in [2.45, 2.75) is 84.2 Å². The number of H-pyrrole nitrogens is 1. The number of hydrogen-bond acceptors (Lipinski definition) is 4. The molecule has 29 heavy (non-hydrogen) atoms. The molecular formula is C24H37N3O2. The number of unbranched alkanes of at least 4 members (excludes halogenated alkanes) is 1. The molecule has 1 saturated carbocycles. The van der Waals surface area contributed by atoms with E-state index >= 15 is 0 Å². The lowest BCUT2D eigenvalue weighted by Gasteiger charge is -2.30. The molecule has 1 aromatic carbocycles. The van der Waals surface area contributed by atoms with Crippen LogP contribution in [-0.4, -0.2) is 47.0 Å². The first-order valence-corrected chi connectivity index (χ1v) is 11.2. The van der Waals surface area contributed by atoms with E-state index in [0.29, 0.717) is 18.3 Å². The number of hydrogen-bond donors (Lipinski definition) is 1. The van der Waals surface area contributed by atoms with Gasteiger partial charge in [0, 0.05) is 17.7 Å². The minimum atomic E-state index is 0.294. The van der Waals surface area contributed by atoms with Gasteiger partial charge in [0.1, 0.15) is 5.75 Å². The van der Waals surface area contributed by atoms with Crippen LogP contribution in [0.1, 0.15) is 64.9 Å². The van der Waals surface area contributed by atoms with Crippen LogP contribution in [0.2, 0.25) is 0 Å². The summed E-state index contributed by atoms with van der Waals surface area (Å²) in [5, 5.41) is 7.45. The van der Waals surface area contributed by atoms with E-state index in [4.69, 9.17) is 9.47 Å². The molecule has 160 valence electrons. The molecule has 0 saturated heterocycles. The van der Waals surface area contributed by atoms with Gasteiger partial charge in [0.15, 0.2) is 0 Å². The van der Waals surface area contributed by atoms with Crippen molar-refractivity contribution in [2.24, 2.45) is 0 Å². The molecule has 1 N–H and O–H groups in total. The minimum Gasteiger partial charge on any atom is -0.490 e. The summed E-state index contributed by atoms with van der Waals surface area (Å²) >= 11 is 0. The molecule has 1 aromatic heterocycles. The second-order valence-electron chi connectivity index (χ2n) is 8.59. The number of nitrogens with one attached hydrogen (secondary N) is 1. The monoisotopic (exact) mass is 399 g/mol. The van der Waals surface area contributed by atoms with Crippen LogP contribution in [0.4, 0.5) is 0 Å². The molecule has 5 heteroatoms. The molecule has 0 spiro atoms. The fourth-order valence-electron chi connectivity index (χ4n) is 4.04. The van der Waals surface area contributed by atoms with Gasteiger partial charge in [-0.05, 0) is 83.8 Å². The van der Waals surface area contributed by atoms with Gasteiger partial charge in [-0.2, -0.15) is 5.10 Å². The van der Waals surface area contributed by atoms with Gasteiger partial charge in [-0.15, -0.1) is 0 Å². The maximum Gasteiger partial charge on any atom is 0.119 e. The van der Waals surface area contributed by atoms with Crippen LogP contribution in [0.3, 0.4) is 0 Å². The zero-order valence-electron chi connectivity index (χ0n) is 18.5. The number of nitrogens with zero attached hydrogens (tertiary/aromatic N) is 2. The van der Waals surface area contributed by atoms with Crippen molar-refractivity contribution in [2.75, 3.05) is 13.6 Å². The van der Waals surface area contributed by atoms with Crippen molar-refractivity contribution in [3.63, 3.8) is 0 Å². The summed E-state index contributed by atoms with van der Waals surface area (Å²) < 4.78 is 12.2. The van der Waals surface area contributed by atoms with Gasteiger partial charge in [-0.25, -0.2) is 0 Å². The van der Waals surface area contributed by atoms with Crippen LogP contribution in [-0.2, 0) is 11.3 Å². The average molecular weight is 400 g/mol. The van der Waals surface area contributed by atoms with Crippen LogP contribution in [0.25, 0.3) is 11.3 Å². The smallest absolute Gasteiger partial charge is 0.119 e. The van der Waals surface area contributed by atoms with Crippen molar-refractivity contribution in [1.82, 2.24) is 15.1 Å². The van der Waals surface area contributed by atoms with Crippen LogP contribution < -0.4 is 4.74 Å². The van der Waals surface area contributed by atoms with Crippen LogP contribution in [0.15, 0.2) is 30.5 Å². The Morgan fingerprint density at radius 2 is 1.79 bits per heavy atom. The Morgan fingerprint density at radius 3 is 2.45 bits per heavy atom. The Bertz CT molecular complexity index is 718. The van der Waals surface area contributed by atoms with Gasteiger partial charge in [-0.3, -0.25) is 5.10 Å². The van der Waals surface area contributed by atoms with Crippen LogP contribution in [0.5, 0.6) is 5.75 Å². The van der Waals surface area contributed by atoms with E-state index in [0.717, 1.165) is 55.8 Å². The summed E-state index contributed by atoms with van der Waals surface area (Å²) in [5.41, 5.74) is 3.50. The predicted molar refractivity (Wildman–Crippen MR) is 118 cm³/mol. The molecule has 1 heterocycles. The highest BCUT2D eigenvalue weighted by atomic mass is 16.5. The van der Waals surface area contributed by atoms with E-state index in [1.54, 1.807) is 0 Å². The number of rotatable bonds is 10. The van der Waals surface area contributed by atoms with E-state index in [1.807, 2.05) is 6.20 Å². The summed E-state index contributed by atoms with van der Waals surface area (Å²) in [7, 11) is 2.17. The van der Waals surface area contributed by atoms with E-state index in [9.17, 15) is 0 Å². The lowest BCUT2D eigenvalue weighted by Crippen LogP contribution is -2.29. The first-order chi connectivity index (χ1) is 14.0. The third-order valence-corrected chi connectivity index (χ3v) is 5.58. The number of ether oxygens (including phenoxy) is 2. The molecule has 0 amide bonds. The number of aromatic nitrogens is 2. The topological polar surface area (TPSA) is 50.4 Å². The van der Waals surface area contributed by atoms with Gasteiger partial charge < -0.3 is 14.4 Å². The third kappa shape index (κ3) is 6.58. The summed E-state index contributed by atoms with van der Waals surface area (Å²) in [6.07, 6.45) is 9.69. The van der Waals surface area contributed by atoms with Crippen molar-refractivity contribution in [3.8, 4) is 17.0 Å². The Kier molecular flexibility index (Phi) is 8.13. The van der Waals surface area contributed by atoms with E-state index in [-0.39, 0.29) is 0 Å². The summed E-state index contributed by atoms with van der Waals surface area (Å²) in [6.45, 7) is 8.47.